The number of rotatable bonds is 6. The van der Waals surface area contributed by atoms with Crippen LogP contribution in [0, 0.1) is 24.7 Å². The van der Waals surface area contributed by atoms with Crippen LogP contribution in [0.25, 0.3) is 0 Å². The van der Waals surface area contributed by atoms with Gasteiger partial charge < -0.3 is 5.32 Å². The van der Waals surface area contributed by atoms with Crippen LogP contribution in [0.1, 0.15) is 13.3 Å². The third-order valence-electron chi connectivity index (χ3n) is 1.43. The highest BCUT2D eigenvalue weighted by atomic mass is 32.2. The van der Waals surface area contributed by atoms with Crippen molar-refractivity contribution in [2.24, 2.45) is 0 Å². The van der Waals surface area contributed by atoms with E-state index in [0.29, 0.717) is 0 Å². The van der Waals surface area contributed by atoms with Gasteiger partial charge >= 0.3 is 0 Å². The summed E-state index contributed by atoms with van der Waals surface area (Å²) in [5.41, 5.74) is 0. The molecule has 0 aromatic carbocycles. The molecule has 0 aromatic heterocycles. The summed E-state index contributed by atoms with van der Waals surface area (Å²) in [6, 6.07) is 0.219. The predicted molar refractivity (Wildman–Crippen MR) is 57.1 cm³/mol. The fourth-order valence-electron chi connectivity index (χ4n) is 0.758. The van der Waals surface area contributed by atoms with Gasteiger partial charge in [0.15, 0.2) is 0 Å². The Kier molecular flexibility index (Phi) is 8.12. The second-order valence-corrected chi connectivity index (χ2v) is 3.44. The number of nitrogens with one attached hydrogen (secondary N) is 1. The SMILES string of the molecule is C#CCSCCNC(C#C)CC. The summed E-state index contributed by atoms with van der Waals surface area (Å²) >= 11 is 1.75. The zero-order chi connectivity index (χ0) is 9.23. The van der Waals surface area contributed by atoms with Gasteiger partial charge in [-0.05, 0) is 6.42 Å². The van der Waals surface area contributed by atoms with Crippen LogP contribution in [0.4, 0.5) is 0 Å². The molecule has 2 heteroatoms. The average Bonchev–Trinajstić information content (AvgIpc) is 2.11. The van der Waals surface area contributed by atoms with Crippen molar-refractivity contribution in [1.82, 2.24) is 5.32 Å². The number of hydrogen-bond donors (Lipinski definition) is 1. The van der Waals surface area contributed by atoms with E-state index < -0.39 is 0 Å². The van der Waals surface area contributed by atoms with Gasteiger partial charge in [0.05, 0.1) is 11.8 Å². The van der Waals surface area contributed by atoms with Gasteiger partial charge in [0.2, 0.25) is 0 Å². The Hall–Kier alpha value is -0.570. The molecule has 12 heavy (non-hydrogen) atoms. The highest BCUT2D eigenvalue weighted by Gasteiger charge is 1.97. The number of thioether (sulfide) groups is 1. The molecule has 0 radical (unpaired) electrons. The van der Waals surface area contributed by atoms with Crippen molar-refractivity contribution in [1.29, 1.82) is 0 Å². The van der Waals surface area contributed by atoms with Crippen LogP contribution in [-0.4, -0.2) is 24.1 Å². The minimum absolute atomic E-state index is 0.219. The molecule has 0 spiro atoms. The first-order valence-electron chi connectivity index (χ1n) is 4.05. The Morgan fingerprint density at radius 3 is 2.75 bits per heavy atom. The van der Waals surface area contributed by atoms with Gasteiger partial charge in [-0.1, -0.05) is 18.8 Å². The van der Waals surface area contributed by atoms with E-state index >= 15 is 0 Å². The summed E-state index contributed by atoms with van der Waals surface area (Å²) in [7, 11) is 0. The Labute approximate surface area is 79.7 Å². The summed E-state index contributed by atoms with van der Waals surface area (Å²) in [5.74, 6) is 7.08. The first-order valence-corrected chi connectivity index (χ1v) is 5.21. The van der Waals surface area contributed by atoms with E-state index in [9.17, 15) is 0 Å². The lowest BCUT2D eigenvalue weighted by Gasteiger charge is -2.08. The second kappa shape index (κ2) is 8.53. The smallest absolute Gasteiger partial charge is 0.0684 e. The van der Waals surface area contributed by atoms with Crippen molar-refractivity contribution >= 4 is 11.8 Å². The van der Waals surface area contributed by atoms with Crippen LogP contribution < -0.4 is 5.32 Å². The molecule has 66 valence electrons. The Morgan fingerprint density at radius 1 is 1.50 bits per heavy atom. The van der Waals surface area contributed by atoms with Crippen molar-refractivity contribution in [3.63, 3.8) is 0 Å². The summed E-state index contributed by atoms with van der Waals surface area (Å²) in [6.45, 7) is 3.02. The van der Waals surface area contributed by atoms with Crippen molar-refractivity contribution < 1.29 is 0 Å². The molecule has 0 aromatic rings. The van der Waals surface area contributed by atoms with Crippen molar-refractivity contribution in [2.45, 2.75) is 19.4 Å². The van der Waals surface area contributed by atoms with E-state index in [4.69, 9.17) is 12.8 Å². The summed E-state index contributed by atoms with van der Waals surface area (Å²) in [6.07, 6.45) is 11.4. The van der Waals surface area contributed by atoms with E-state index in [1.54, 1.807) is 11.8 Å². The first kappa shape index (κ1) is 11.4. The normalized spacial score (nSPS) is 11.6. The third-order valence-corrected chi connectivity index (χ3v) is 2.30. The summed E-state index contributed by atoms with van der Waals surface area (Å²) in [5, 5.41) is 3.25. The topological polar surface area (TPSA) is 12.0 Å². The Morgan fingerprint density at radius 2 is 2.25 bits per heavy atom. The molecular weight excluding hydrogens is 166 g/mol. The molecule has 0 rings (SSSR count). The fraction of sp³-hybridized carbons (Fsp3) is 0.600. The van der Waals surface area contributed by atoms with Gasteiger partial charge in [-0.3, -0.25) is 0 Å². The van der Waals surface area contributed by atoms with Crippen LogP contribution in [-0.2, 0) is 0 Å². The maximum Gasteiger partial charge on any atom is 0.0684 e. The maximum atomic E-state index is 5.27. The van der Waals surface area contributed by atoms with Crippen LogP contribution in [0.3, 0.4) is 0 Å². The standard InChI is InChI=1S/C10H15NS/c1-4-8-12-9-7-11-10(5-2)6-3/h1-2,10-11H,6-9H2,3H3. The van der Waals surface area contributed by atoms with E-state index in [1.165, 1.54) is 0 Å². The molecule has 1 nitrogen and oxygen atoms in total. The maximum absolute atomic E-state index is 5.27. The molecule has 1 N–H and O–H groups in total. The lowest BCUT2D eigenvalue weighted by atomic mass is 10.2. The molecule has 0 aliphatic carbocycles. The minimum Gasteiger partial charge on any atom is -0.303 e. The van der Waals surface area contributed by atoms with Crippen molar-refractivity contribution in [2.75, 3.05) is 18.1 Å². The molecule has 0 bridgehead atoms. The quantitative estimate of drug-likeness (QED) is 0.490. The van der Waals surface area contributed by atoms with E-state index in [-0.39, 0.29) is 6.04 Å². The Balaban J connectivity index is 3.20. The monoisotopic (exact) mass is 181 g/mol. The molecular formula is C10H15NS. The Bertz CT molecular complexity index is 175. The fourth-order valence-corrected chi connectivity index (χ4v) is 1.28. The van der Waals surface area contributed by atoms with Crippen LogP contribution in [0.5, 0.6) is 0 Å². The van der Waals surface area contributed by atoms with Gasteiger partial charge in [0.25, 0.3) is 0 Å². The highest BCUT2D eigenvalue weighted by Crippen LogP contribution is 1.96. The zero-order valence-corrected chi connectivity index (χ0v) is 8.29. The van der Waals surface area contributed by atoms with Crippen LogP contribution >= 0.6 is 11.8 Å². The van der Waals surface area contributed by atoms with Gasteiger partial charge in [0.1, 0.15) is 0 Å². The molecule has 0 saturated heterocycles. The highest BCUT2D eigenvalue weighted by molar-refractivity contribution is 7.99. The van der Waals surface area contributed by atoms with E-state index in [1.807, 2.05) is 0 Å². The first-order chi connectivity index (χ1) is 5.85. The molecule has 0 heterocycles. The minimum atomic E-state index is 0.219. The van der Waals surface area contributed by atoms with Gasteiger partial charge in [-0.25, -0.2) is 0 Å². The number of hydrogen-bond acceptors (Lipinski definition) is 2. The molecule has 0 aliphatic heterocycles. The van der Waals surface area contributed by atoms with Gasteiger partial charge in [-0.15, -0.1) is 24.6 Å². The van der Waals surface area contributed by atoms with Gasteiger partial charge in [-0.2, -0.15) is 0 Å². The summed E-state index contributed by atoms with van der Waals surface area (Å²) < 4.78 is 0. The number of terminal acetylenes is 2. The molecule has 0 saturated carbocycles. The second-order valence-electron chi connectivity index (χ2n) is 2.34. The lowest BCUT2D eigenvalue weighted by molar-refractivity contribution is 0.618. The molecule has 1 unspecified atom stereocenters. The molecule has 0 fully saturated rings. The lowest BCUT2D eigenvalue weighted by Crippen LogP contribution is -2.28. The van der Waals surface area contributed by atoms with E-state index in [2.05, 4.69) is 24.1 Å². The van der Waals surface area contributed by atoms with Crippen LogP contribution in [0.15, 0.2) is 0 Å². The van der Waals surface area contributed by atoms with Gasteiger partial charge in [0, 0.05) is 12.3 Å². The molecule has 0 aliphatic rings. The third kappa shape index (κ3) is 6.16. The predicted octanol–water partition coefficient (Wildman–Crippen LogP) is 1.35. The summed E-state index contributed by atoms with van der Waals surface area (Å²) in [4.78, 5) is 0. The van der Waals surface area contributed by atoms with Crippen LogP contribution in [0.2, 0.25) is 0 Å². The van der Waals surface area contributed by atoms with Crippen molar-refractivity contribution in [3.05, 3.63) is 0 Å². The zero-order valence-electron chi connectivity index (χ0n) is 7.47. The average molecular weight is 181 g/mol. The van der Waals surface area contributed by atoms with Crippen molar-refractivity contribution in [3.8, 4) is 24.7 Å². The molecule has 0 amide bonds. The molecule has 1 atom stereocenters. The van der Waals surface area contributed by atoms with E-state index in [0.717, 1.165) is 24.5 Å². The largest absolute Gasteiger partial charge is 0.303 e.